The van der Waals surface area contributed by atoms with Crippen molar-refractivity contribution in [3.63, 3.8) is 0 Å². The van der Waals surface area contributed by atoms with E-state index in [0.29, 0.717) is 6.54 Å². The predicted octanol–water partition coefficient (Wildman–Crippen LogP) is 2.36. The molecule has 23 heavy (non-hydrogen) atoms. The van der Waals surface area contributed by atoms with Gasteiger partial charge in [0.15, 0.2) is 11.6 Å². The van der Waals surface area contributed by atoms with Crippen LogP contribution >= 0.6 is 0 Å². The molecule has 0 saturated carbocycles. The Bertz CT molecular complexity index is 618. The molecule has 0 atom stereocenters. The maximum absolute atomic E-state index is 14.4. The summed E-state index contributed by atoms with van der Waals surface area (Å²) in [5, 5.41) is 0. The Labute approximate surface area is 135 Å². The Hall–Kier alpha value is -1.47. The standard InChI is InChI=1S/C16H22BF2NO3/c1-7-20(6)14(21)10-8-9-11(13(19)12(10)18)17-22-15(2,3)16(4,5)23-17/h8-9H,7H2,1-6H3. The van der Waals surface area contributed by atoms with Crippen molar-refractivity contribution in [2.45, 2.75) is 45.8 Å². The highest BCUT2D eigenvalue weighted by Crippen LogP contribution is 2.36. The number of amides is 1. The summed E-state index contributed by atoms with van der Waals surface area (Å²) in [5.74, 6) is -2.86. The maximum Gasteiger partial charge on any atom is 0.497 e. The van der Waals surface area contributed by atoms with Gasteiger partial charge in [-0.15, -0.1) is 0 Å². The molecule has 2 rings (SSSR count). The molecule has 0 bridgehead atoms. The van der Waals surface area contributed by atoms with Gasteiger partial charge in [-0.2, -0.15) is 0 Å². The normalized spacial score (nSPS) is 19.0. The van der Waals surface area contributed by atoms with Crippen molar-refractivity contribution in [2.75, 3.05) is 13.6 Å². The second-order valence-electron chi connectivity index (χ2n) is 6.74. The van der Waals surface area contributed by atoms with Crippen LogP contribution in [-0.4, -0.2) is 42.7 Å². The van der Waals surface area contributed by atoms with Gasteiger partial charge in [-0.1, -0.05) is 6.07 Å². The van der Waals surface area contributed by atoms with Gasteiger partial charge < -0.3 is 14.2 Å². The van der Waals surface area contributed by atoms with E-state index in [2.05, 4.69) is 0 Å². The molecule has 0 aliphatic carbocycles. The van der Waals surface area contributed by atoms with Crippen molar-refractivity contribution in [3.05, 3.63) is 29.3 Å². The molecule has 0 aromatic heterocycles. The molecule has 1 aliphatic rings. The van der Waals surface area contributed by atoms with Crippen molar-refractivity contribution in [1.29, 1.82) is 0 Å². The van der Waals surface area contributed by atoms with E-state index in [1.807, 2.05) is 27.7 Å². The number of benzene rings is 1. The lowest BCUT2D eigenvalue weighted by Crippen LogP contribution is -2.41. The minimum atomic E-state index is -1.18. The summed E-state index contributed by atoms with van der Waals surface area (Å²) in [7, 11) is 0.518. The van der Waals surface area contributed by atoms with Gasteiger partial charge in [-0.05, 0) is 40.7 Å². The Morgan fingerprint density at radius 2 is 1.65 bits per heavy atom. The predicted molar refractivity (Wildman–Crippen MR) is 84.7 cm³/mol. The maximum atomic E-state index is 14.4. The monoisotopic (exact) mass is 325 g/mol. The van der Waals surface area contributed by atoms with Crippen molar-refractivity contribution >= 4 is 18.5 Å². The van der Waals surface area contributed by atoms with Crippen LogP contribution in [0.25, 0.3) is 0 Å². The van der Waals surface area contributed by atoms with Gasteiger partial charge in [-0.25, -0.2) is 8.78 Å². The molecule has 0 spiro atoms. The third kappa shape index (κ3) is 2.99. The first kappa shape index (κ1) is 17.9. The fourth-order valence-corrected chi connectivity index (χ4v) is 2.23. The van der Waals surface area contributed by atoms with Crippen LogP contribution in [-0.2, 0) is 9.31 Å². The van der Waals surface area contributed by atoms with Crippen LogP contribution in [0, 0.1) is 11.6 Å². The second kappa shape index (κ2) is 5.87. The van der Waals surface area contributed by atoms with Crippen molar-refractivity contribution < 1.29 is 22.9 Å². The van der Waals surface area contributed by atoms with Crippen LogP contribution in [0.5, 0.6) is 0 Å². The fourth-order valence-electron chi connectivity index (χ4n) is 2.23. The minimum absolute atomic E-state index is 0.0446. The number of carbonyl (C=O) groups is 1. The minimum Gasteiger partial charge on any atom is -0.399 e. The third-order valence-corrected chi connectivity index (χ3v) is 4.67. The highest BCUT2D eigenvalue weighted by molar-refractivity contribution is 6.62. The van der Waals surface area contributed by atoms with E-state index in [4.69, 9.17) is 9.31 Å². The average molecular weight is 325 g/mol. The molecule has 0 unspecified atom stereocenters. The number of hydrogen-bond acceptors (Lipinski definition) is 3. The molecular formula is C16H22BF2NO3. The van der Waals surface area contributed by atoms with Gasteiger partial charge in [0.2, 0.25) is 0 Å². The van der Waals surface area contributed by atoms with Gasteiger partial charge in [0.05, 0.1) is 16.8 Å². The zero-order valence-corrected chi connectivity index (χ0v) is 14.4. The lowest BCUT2D eigenvalue weighted by molar-refractivity contribution is 0.00578. The number of hydrogen-bond donors (Lipinski definition) is 0. The van der Waals surface area contributed by atoms with Crippen molar-refractivity contribution in [2.24, 2.45) is 0 Å². The lowest BCUT2D eigenvalue weighted by Gasteiger charge is -2.32. The molecule has 0 N–H and O–H groups in total. The Morgan fingerprint density at radius 3 is 2.13 bits per heavy atom. The zero-order valence-electron chi connectivity index (χ0n) is 14.4. The first-order valence-corrected chi connectivity index (χ1v) is 7.61. The molecule has 1 aromatic carbocycles. The number of halogens is 2. The first-order chi connectivity index (χ1) is 10.5. The molecule has 1 aliphatic heterocycles. The van der Waals surface area contributed by atoms with Crippen molar-refractivity contribution in [1.82, 2.24) is 4.90 Å². The van der Waals surface area contributed by atoms with E-state index >= 15 is 0 Å². The lowest BCUT2D eigenvalue weighted by atomic mass is 9.78. The molecule has 4 nitrogen and oxygen atoms in total. The molecule has 0 radical (unpaired) electrons. The topological polar surface area (TPSA) is 38.8 Å². The van der Waals surface area contributed by atoms with Gasteiger partial charge >= 0.3 is 7.12 Å². The average Bonchev–Trinajstić information content (AvgIpc) is 2.68. The molecule has 1 fully saturated rings. The van der Waals surface area contributed by atoms with Gasteiger partial charge in [0, 0.05) is 19.1 Å². The van der Waals surface area contributed by atoms with Gasteiger partial charge in [-0.3, -0.25) is 4.79 Å². The second-order valence-corrected chi connectivity index (χ2v) is 6.74. The molecule has 1 amide bonds. The summed E-state index contributed by atoms with van der Waals surface area (Å²) in [5.41, 5.74) is -1.65. The molecular weight excluding hydrogens is 303 g/mol. The van der Waals surface area contributed by atoms with E-state index in [0.717, 1.165) is 0 Å². The van der Waals surface area contributed by atoms with Crippen LogP contribution < -0.4 is 5.46 Å². The molecule has 126 valence electrons. The van der Waals surface area contributed by atoms with E-state index in [9.17, 15) is 13.6 Å². The van der Waals surface area contributed by atoms with Crippen LogP contribution in [0.1, 0.15) is 45.0 Å². The smallest absolute Gasteiger partial charge is 0.399 e. The first-order valence-electron chi connectivity index (χ1n) is 7.61. The van der Waals surface area contributed by atoms with E-state index in [-0.39, 0.29) is 11.0 Å². The molecule has 1 heterocycles. The summed E-state index contributed by atoms with van der Waals surface area (Å²) < 4.78 is 40.2. The van der Waals surface area contributed by atoms with Crippen LogP contribution in [0.3, 0.4) is 0 Å². The Morgan fingerprint density at radius 1 is 1.13 bits per heavy atom. The highest BCUT2D eigenvalue weighted by Gasteiger charge is 2.52. The quantitative estimate of drug-likeness (QED) is 0.801. The van der Waals surface area contributed by atoms with Gasteiger partial charge in [0.25, 0.3) is 5.91 Å². The summed E-state index contributed by atoms with van der Waals surface area (Å²) in [4.78, 5) is 13.4. The number of rotatable bonds is 3. The highest BCUT2D eigenvalue weighted by atomic mass is 19.2. The van der Waals surface area contributed by atoms with Gasteiger partial charge in [0.1, 0.15) is 0 Å². The molecule has 1 saturated heterocycles. The summed E-state index contributed by atoms with van der Waals surface area (Å²) in [6, 6.07) is 2.62. The molecule has 1 aromatic rings. The van der Waals surface area contributed by atoms with Crippen LogP contribution in [0.2, 0.25) is 0 Å². The van der Waals surface area contributed by atoms with E-state index < -0.39 is 35.9 Å². The summed E-state index contributed by atoms with van der Waals surface area (Å²) in [6.07, 6.45) is 0. The zero-order chi connectivity index (χ0) is 17.6. The van der Waals surface area contributed by atoms with E-state index in [1.54, 1.807) is 6.92 Å². The fraction of sp³-hybridized carbons (Fsp3) is 0.562. The van der Waals surface area contributed by atoms with Crippen LogP contribution in [0.15, 0.2) is 12.1 Å². The van der Waals surface area contributed by atoms with E-state index in [1.165, 1.54) is 24.1 Å². The van der Waals surface area contributed by atoms with Crippen molar-refractivity contribution in [3.8, 4) is 0 Å². The SMILES string of the molecule is CCN(C)C(=O)c1ccc(B2OC(C)(C)C(C)(C)O2)c(F)c1F. The molecule has 7 heteroatoms. The Balaban J connectivity index is 2.38. The number of carbonyl (C=O) groups excluding carboxylic acids is 1. The Kier molecular flexibility index (Phi) is 4.56. The summed E-state index contributed by atoms with van der Waals surface area (Å²) in [6.45, 7) is 9.47. The van der Waals surface area contributed by atoms with Crippen LogP contribution in [0.4, 0.5) is 8.78 Å². The third-order valence-electron chi connectivity index (χ3n) is 4.67. The summed E-state index contributed by atoms with van der Waals surface area (Å²) >= 11 is 0. The largest absolute Gasteiger partial charge is 0.497 e. The number of nitrogens with zero attached hydrogens (tertiary/aromatic N) is 1.